The smallest absolute Gasteiger partial charge is 0.306 e. The molecule has 0 bridgehead atoms. The molecule has 0 heterocycles. The molecule has 2 aromatic rings. The van der Waals surface area contributed by atoms with E-state index in [0.717, 1.165) is 29.3 Å². The number of aliphatic hydroxyl groups excluding tert-OH is 1. The summed E-state index contributed by atoms with van der Waals surface area (Å²) in [5.41, 5.74) is 2.01. The van der Waals surface area contributed by atoms with Crippen molar-refractivity contribution in [2.45, 2.75) is 58.2 Å². The molecule has 0 radical (unpaired) electrons. The first-order chi connectivity index (χ1) is 13.3. The van der Waals surface area contributed by atoms with Gasteiger partial charge in [-0.2, -0.15) is 0 Å². The summed E-state index contributed by atoms with van der Waals surface area (Å²) >= 11 is 3.43. The van der Waals surface area contributed by atoms with Crippen LogP contribution >= 0.6 is 15.9 Å². The number of carbonyl (C=O) groups excluding carboxylic acids is 1. The maximum absolute atomic E-state index is 11.5. The molecular weight excluding hydrogens is 404 g/mol. The zero-order chi connectivity index (χ0) is 19.6. The summed E-state index contributed by atoms with van der Waals surface area (Å²) in [4.78, 5) is 11.5. The number of rotatable bonds is 11. The Balaban J connectivity index is 0.000000377. The largest absolute Gasteiger partial charge is 0.461 e. The van der Waals surface area contributed by atoms with Crippen LogP contribution in [0.15, 0.2) is 60.7 Å². The molecule has 0 unspecified atom stereocenters. The summed E-state index contributed by atoms with van der Waals surface area (Å²) in [5, 5.41) is 9.63. The monoisotopic (exact) mass is 434 g/mol. The molecule has 0 saturated heterocycles. The number of aliphatic hydroxyl groups is 1. The molecule has 0 amide bonds. The highest BCUT2D eigenvalue weighted by Crippen LogP contribution is 2.09. The van der Waals surface area contributed by atoms with E-state index in [1.807, 2.05) is 60.7 Å². The van der Waals surface area contributed by atoms with Crippen LogP contribution in [0.4, 0.5) is 0 Å². The Morgan fingerprint density at radius 3 is 1.81 bits per heavy atom. The molecule has 1 N–H and O–H groups in total. The second-order valence-corrected chi connectivity index (χ2v) is 7.14. The average Bonchev–Trinajstić information content (AvgIpc) is 2.73. The first kappa shape index (κ1) is 23.4. The van der Waals surface area contributed by atoms with Crippen LogP contribution in [0.25, 0.3) is 0 Å². The highest BCUT2D eigenvalue weighted by molar-refractivity contribution is 9.09. The Bertz CT molecular complexity index is 587. The molecular formula is C23H31BrO3. The minimum Gasteiger partial charge on any atom is -0.461 e. The maximum Gasteiger partial charge on any atom is 0.306 e. The van der Waals surface area contributed by atoms with Gasteiger partial charge in [0.2, 0.25) is 0 Å². The van der Waals surface area contributed by atoms with E-state index in [2.05, 4.69) is 15.9 Å². The number of halogens is 1. The number of benzene rings is 2. The average molecular weight is 435 g/mol. The van der Waals surface area contributed by atoms with Gasteiger partial charge in [0.05, 0.1) is 6.61 Å². The molecule has 2 rings (SSSR count). The molecule has 0 spiro atoms. The SMILES string of the molecule is O=C(CCCCCCCCBr)OCc1ccccc1.OCc1ccccc1. The second-order valence-electron chi connectivity index (χ2n) is 6.35. The number of carbonyl (C=O) groups is 1. The Hall–Kier alpha value is -1.65. The van der Waals surface area contributed by atoms with Crippen LogP contribution in [-0.2, 0) is 22.7 Å². The molecule has 0 atom stereocenters. The van der Waals surface area contributed by atoms with Gasteiger partial charge in [0.1, 0.15) is 6.61 Å². The highest BCUT2D eigenvalue weighted by atomic mass is 79.9. The molecule has 4 heteroatoms. The second kappa shape index (κ2) is 16.5. The van der Waals surface area contributed by atoms with Gasteiger partial charge in [-0.25, -0.2) is 0 Å². The summed E-state index contributed by atoms with van der Waals surface area (Å²) in [6.07, 6.45) is 7.64. The van der Waals surface area contributed by atoms with Crippen molar-refractivity contribution in [2.75, 3.05) is 5.33 Å². The van der Waals surface area contributed by atoms with E-state index >= 15 is 0 Å². The molecule has 3 nitrogen and oxygen atoms in total. The van der Waals surface area contributed by atoms with Gasteiger partial charge in [0.15, 0.2) is 0 Å². The molecule has 0 aliphatic rings. The van der Waals surface area contributed by atoms with E-state index in [1.54, 1.807) is 0 Å². The number of hydrogen-bond acceptors (Lipinski definition) is 3. The molecule has 2 aromatic carbocycles. The van der Waals surface area contributed by atoms with E-state index in [-0.39, 0.29) is 12.6 Å². The first-order valence-corrected chi connectivity index (χ1v) is 10.8. The number of hydrogen-bond donors (Lipinski definition) is 1. The molecule has 27 heavy (non-hydrogen) atoms. The van der Waals surface area contributed by atoms with Gasteiger partial charge in [0.25, 0.3) is 0 Å². The summed E-state index contributed by atoms with van der Waals surface area (Å²) in [5.74, 6) is -0.0793. The normalized spacial score (nSPS) is 10.0. The Labute approximate surface area is 171 Å². The predicted octanol–water partition coefficient (Wildman–Crippen LogP) is 6.03. The van der Waals surface area contributed by atoms with E-state index in [0.29, 0.717) is 13.0 Å². The quantitative estimate of drug-likeness (QED) is 0.266. The van der Waals surface area contributed by atoms with E-state index < -0.39 is 0 Å². The van der Waals surface area contributed by atoms with Crippen LogP contribution in [0.3, 0.4) is 0 Å². The van der Waals surface area contributed by atoms with Crippen molar-refractivity contribution >= 4 is 21.9 Å². The van der Waals surface area contributed by atoms with E-state index in [9.17, 15) is 4.79 Å². The van der Waals surface area contributed by atoms with Crippen molar-refractivity contribution < 1.29 is 14.6 Å². The lowest BCUT2D eigenvalue weighted by Crippen LogP contribution is -2.04. The van der Waals surface area contributed by atoms with Gasteiger partial charge in [0, 0.05) is 11.8 Å². The van der Waals surface area contributed by atoms with Crippen molar-refractivity contribution in [3.63, 3.8) is 0 Å². The molecule has 0 aliphatic carbocycles. The number of ether oxygens (including phenoxy) is 1. The van der Waals surface area contributed by atoms with Gasteiger partial charge in [-0.1, -0.05) is 102 Å². The van der Waals surface area contributed by atoms with E-state index in [4.69, 9.17) is 9.84 Å². The van der Waals surface area contributed by atoms with Crippen molar-refractivity contribution in [2.24, 2.45) is 0 Å². The van der Waals surface area contributed by atoms with Crippen LogP contribution in [0.1, 0.15) is 56.1 Å². The minimum atomic E-state index is -0.0793. The standard InChI is InChI=1S/C16H23BrO2.C7H8O/c17-13-9-4-2-1-3-8-12-16(18)19-14-15-10-6-5-7-11-15;8-6-7-4-2-1-3-5-7/h5-7,10-11H,1-4,8-9,12-14H2;1-5,8H,6H2. The fourth-order valence-corrected chi connectivity index (χ4v) is 2.86. The fraction of sp³-hybridized carbons (Fsp3) is 0.435. The third-order valence-electron chi connectivity index (χ3n) is 4.03. The summed E-state index contributed by atoms with van der Waals surface area (Å²) in [6, 6.07) is 19.3. The van der Waals surface area contributed by atoms with E-state index in [1.165, 1.54) is 25.7 Å². The zero-order valence-electron chi connectivity index (χ0n) is 16.0. The third-order valence-corrected chi connectivity index (χ3v) is 4.59. The lowest BCUT2D eigenvalue weighted by atomic mass is 10.1. The third kappa shape index (κ3) is 13.2. The maximum atomic E-state index is 11.5. The van der Waals surface area contributed by atoms with Gasteiger partial charge in [-0.15, -0.1) is 0 Å². The number of alkyl halides is 1. The molecule has 0 aromatic heterocycles. The first-order valence-electron chi connectivity index (χ1n) is 9.66. The zero-order valence-corrected chi connectivity index (χ0v) is 17.6. The van der Waals surface area contributed by atoms with Crippen molar-refractivity contribution in [3.05, 3.63) is 71.8 Å². The number of esters is 1. The van der Waals surface area contributed by atoms with Crippen molar-refractivity contribution in [3.8, 4) is 0 Å². The molecule has 0 saturated carbocycles. The summed E-state index contributed by atoms with van der Waals surface area (Å²) in [6.45, 7) is 0.533. The molecule has 0 fully saturated rings. The van der Waals surface area contributed by atoms with Crippen LogP contribution in [0, 0.1) is 0 Å². The van der Waals surface area contributed by atoms with Gasteiger partial charge in [-0.05, 0) is 24.0 Å². The highest BCUT2D eigenvalue weighted by Gasteiger charge is 2.03. The van der Waals surface area contributed by atoms with Crippen LogP contribution in [0.5, 0.6) is 0 Å². The van der Waals surface area contributed by atoms with Gasteiger partial charge >= 0.3 is 5.97 Å². The van der Waals surface area contributed by atoms with Gasteiger partial charge < -0.3 is 9.84 Å². The lowest BCUT2D eigenvalue weighted by molar-refractivity contribution is -0.145. The fourth-order valence-electron chi connectivity index (χ4n) is 2.46. The Kier molecular flexibility index (Phi) is 14.3. The van der Waals surface area contributed by atoms with Crippen molar-refractivity contribution in [1.29, 1.82) is 0 Å². The van der Waals surface area contributed by atoms with Crippen LogP contribution < -0.4 is 0 Å². The number of unbranched alkanes of at least 4 members (excludes halogenated alkanes) is 5. The Morgan fingerprint density at radius 2 is 1.30 bits per heavy atom. The topological polar surface area (TPSA) is 46.5 Å². The van der Waals surface area contributed by atoms with Gasteiger partial charge in [-0.3, -0.25) is 4.79 Å². The van der Waals surface area contributed by atoms with Crippen LogP contribution in [-0.4, -0.2) is 16.4 Å². The predicted molar refractivity (Wildman–Crippen MR) is 115 cm³/mol. The van der Waals surface area contributed by atoms with Crippen molar-refractivity contribution in [1.82, 2.24) is 0 Å². The minimum absolute atomic E-state index is 0.0793. The molecule has 148 valence electrons. The summed E-state index contributed by atoms with van der Waals surface area (Å²) < 4.78 is 5.23. The molecule has 0 aliphatic heterocycles. The summed E-state index contributed by atoms with van der Waals surface area (Å²) in [7, 11) is 0. The Morgan fingerprint density at radius 1 is 0.778 bits per heavy atom. The van der Waals surface area contributed by atoms with Crippen LogP contribution in [0.2, 0.25) is 0 Å². The lowest BCUT2D eigenvalue weighted by Gasteiger charge is -2.05.